The summed E-state index contributed by atoms with van der Waals surface area (Å²) in [6.07, 6.45) is 0. The molecule has 6 heteroatoms. The third kappa shape index (κ3) is 6.41. The summed E-state index contributed by atoms with van der Waals surface area (Å²) in [5.74, 6) is 1.79. The van der Waals surface area contributed by atoms with Crippen LogP contribution in [0.5, 0.6) is 11.5 Å². The molecule has 0 saturated carbocycles. The van der Waals surface area contributed by atoms with E-state index in [1.165, 1.54) is 0 Å². The molecule has 0 spiro atoms. The number of hydrogen-bond donors (Lipinski definition) is 0. The summed E-state index contributed by atoms with van der Waals surface area (Å²) in [5.41, 5.74) is 1.73. The van der Waals surface area contributed by atoms with E-state index < -0.39 is 6.67 Å². The Bertz CT molecular complexity index is 770. The quantitative estimate of drug-likeness (QED) is 0.340. The van der Waals surface area contributed by atoms with Crippen LogP contribution in [-0.2, 0) is 5.41 Å². The monoisotopic (exact) mass is 460 g/mol. The van der Waals surface area contributed by atoms with Crippen molar-refractivity contribution in [3.63, 3.8) is 0 Å². The maximum absolute atomic E-state index is 12.6. The van der Waals surface area contributed by atoms with Gasteiger partial charge in [-0.3, -0.25) is 4.39 Å². The van der Waals surface area contributed by atoms with Crippen LogP contribution in [0.3, 0.4) is 0 Å². The molecule has 2 aromatic rings. The highest BCUT2D eigenvalue weighted by molar-refractivity contribution is 6.37. The average molecular weight is 462 g/mol. The van der Waals surface area contributed by atoms with Gasteiger partial charge in [0.05, 0.1) is 29.9 Å². The van der Waals surface area contributed by atoms with Crippen molar-refractivity contribution in [2.75, 3.05) is 25.8 Å². The van der Waals surface area contributed by atoms with E-state index in [1.807, 2.05) is 50.2 Å². The van der Waals surface area contributed by atoms with Gasteiger partial charge in [0, 0.05) is 23.1 Å². The molecule has 0 unspecified atom stereocenters. The first kappa shape index (κ1) is 24.1. The first-order valence-corrected chi connectivity index (χ1v) is 11.0. The van der Waals surface area contributed by atoms with Gasteiger partial charge in [0.15, 0.2) is 5.75 Å². The van der Waals surface area contributed by atoms with E-state index in [0.717, 1.165) is 16.9 Å². The van der Waals surface area contributed by atoms with Gasteiger partial charge in [0.25, 0.3) is 0 Å². The minimum atomic E-state index is -0.392. The molecule has 0 N–H and O–H groups in total. The lowest BCUT2D eigenvalue weighted by Crippen LogP contribution is -2.19. The molecule has 0 fully saturated rings. The predicted octanol–water partition coefficient (Wildman–Crippen LogP) is 7.56. The third-order valence-electron chi connectivity index (χ3n) is 4.87. The van der Waals surface area contributed by atoms with Crippen LogP contribution in [0.2, 0.25) is 10.0 Å². The van der Waals surface area contributed by atoms with Crippen LogP contribution in [0, 0.1) is 11.8 Å². The van der Waals surface area contributed by atoms with Crippen molar-refractivity contribution >= 4 is 34.8 Å². The molecule has 29 heavy (non-hydrogen) atoms. The second-order valence-corrected chi connectivity index (χ2v) is 9.18. The van der Waals surface area contributed by atoms with Gasteiger partial charge in [-0.15, -0.1) is 11.6 Å². The number of halogens is 4. The molecule has 0 aliphatic rings. The van der Waals surface area contributed by atoms with E-state index in [9.17, 15) is 4.39 Å². The van der Waals surface area contributed by atoms with E-state index in [-0.39, 0.29) is 17.3 Å². The molecular weight excluding hydrogens is 434 g/mol. The third-order valence-corrected chi connectivity index (χ3v) is 5.96. The van der Waals surface area contributed by atoms with Crippen molar-refractivity contribution < 1.29 is 13.9 Å². The SMILES string of the molecule is C[C@H](CCl)COc1c(Cl)cc(C(C)(C)c2ccc(OC[C@@H](C)CF)cc2)cc1Cl. The van der Waals surface area contributed by atoms with Gasteiger partial charge < -0.3 is 9.47 Å². The van der Waals surface area contributed by atoms with Gasteiger partial charge in [-0.25, -0.2) is 0 Å². The molecule has 2 rings (SSSR count). The zero-order valence-corrected chi connectivity index (χ0v) is 19.5. The minimum Gasteiger partial charge on any atom is -0.493 e. The second kappa shape index (κ2) is 10.7. The van der Waals surface area contributed by atoms with Gasteiger partial charge >= 0.3 is 0 Å². The van der Waals surface area contributed by atoms with Crippen LogP contribution in [0.25, 0.3) is 0 Å². The molecular formula is C23H28Cl3FO2. The molecule has 2 nitrogen and oxygen atoms in total. The summed E-state index contributed by atoms with van der Waals surface area (Å²) in [7, 11) is 0. The lowest BCUT2D eigenvalue weighted by Gasteiger charge is -2.27. The van der Waals surface area contributed by atoms with Gasteiger partial charge in [-0.05, 0) is 35.4 Å². The van der Waals surface area contributed by atoms with E-state index >= 15 is 0 Å². The van der Waals surface area contributed by atoms with Gasteiger partial charge in [0.2, 0.25) is 0 Å². The molecule has 0 heterocycles. The van der Waals surface area contributed by atoms with Crippen LogP contribution >= 0.6 is 34.8 Å². The molecule has 0 radical (unpaired) electrons. The first-order chi connectivity index (χ1) is 13.7. The van der Waals surface area contributed by atoms with Gasteiger partial charge in [0.1, 0.15) is 5.75 Å². The van der Waals surface area contributed by atoms with Crippen LogP contribution in [0.1, 0.15) is 38.8 Å². The molecule has 2 atom stereocenters. The van der Waals surface area contributed by atoms with E-state index in [2.05, 4.69) is 13.8 Å². The van der Waals surface area contributed by atoms with Gasteiger partial charge in [-0.2, -0.15) is 0 Å². The Morgan fingerprint density at radius 3 is 1.97 bits per heavy atom. The molecule has 0 amide bonds. The lowest BCUT2D eigenvalue weighted by atomic mass is 9.78. The van der Waals surface area contributed by atoms with E-state index in [4.69, 9.17) is 44.3 Å². The van der Waals surface area contributed by atoms with Crippen LogP contribution in [0.4, 0.5) is 4.39 Å². The summed E-state index contributed by atoms with van der Waals surface area (Å²) < 4.78 is 24.0. The summed E-state index contributed by atoms with van der Waals surface area (Å²) >= 11 is 18.8. The molecule has 2 aromatic carbocycles. The molecule has 160 valence electrons. The zero-order chi connectivity index (χ0) is 21.6. The molecule has 0 aromatic heterocycles. The number of ether oxygens (including phenoxy) is 2. The lowest BCUT2D eigenvalue weighted by molar-refractivity contribution is 0.229. The Kier molecular flexibility index (Phi) is 8.93. The number of benzene rings is 2. The smallest absolute Gasteiger partial charge is 0.156 e. The summed E-state index contributed by atoms with van der Waals surface area (Å²) in [6, 6.07) is 11.6. The second-order valence-electron chi connectivity index (χ2n) is 8.06. The summed E-state index contributed by atoms with van der Waals surface area (Å²) in [5, 5.41) is 0.949. The normalized spacial score (nSPS) is 13.8. The Hall–Kier alpha value is -1.16. The average Bonchev–Trinajstić information content (AvgIpc) is 2.71. The van der Waals surface area contributed by atoms with Crippen molar-refractivity contribution in [2.24, 2.45) is 11.8 Å². The summed E-state index contributed by atoms with van der Waals surface area (Å²) in [6.45, 7) is 8.43. The molecule has 0 aliphatic carbocycles. The standard InChI is InChI=1S/C23H28Cl3FO2/c1-15(11-24)13-29-22-20(25)9-18(10-21(22)26)23(3,4)17-5-7-19(8-6-17)28-14-16(2)12-27/h5-10,15-16H,11-14H2,1-4H3/t15-,16+/m1/s1. The van der Waals surface area contributed by atoms with Crippen molar-refractivity contribution in [2.45, 2.75) is 33.1 Å². The molecule has 0 aliphatic heterocycles. The van der Waals surface area contributed by atoms with Crippen molar-refractivity contribution in [1.29, 1.82) is 0 Å². The topological polar surface area (TPSA) is 18.5 Å². The van der Waals surface area contributed by atoms with Crippen molar-refractivity contribution in [3.8, 4) is 11.5 Å². The number of alkyl halides is 2. The first-order valence-electron chi connectivity index (χ1n) is 9.66. The summed E-state index contributed by atoms with van der Waals surface area (Å²) in [4.78, 5) is 0. The Balaban J connectivity index is 2.19. The number of hydrogen-bond acceptors (Lipinski definition) is 2. The predicted molar refractivity (Wildman–Crippen MR) is 121 cm³/mol. The highest BCUT2D eigenvalue weighted by Gasteiger charge is 2.26. The largest absolute Gasteiger partial charge is 0.493 e. The van der Waals surface area contributed by atoms with Crippen molar-refractivity contribution in [3.05, 3.63) is 57.6 Å². The fourth-order valence-electron chi connectivity index (χ4n) is 2.75. The fourth-order valence-corrected chi connectivity index (χ4v) is 3.43. The zero-order valence-electron chi connectivity index (χ0n) is 17.3. The van der Waals surface area contributed by atoms with E-state index in [1.54, 1.807) is 0 Å². The van der Waals surface area contributed by atoms with E-state index in [0.29, 0.717) is 34.9 Å². The Labute approximate surface area is 188 Å². The van der Waals surface area contributed by atoms with Gasteiger partial charge in [-0.1, -0.05) is 63.0 Å². The minimum absolute atomic E-state index is 0.122. The maximum Gasteiger partial charge on any atom is 0.156 e. The molecule has 0 saturated heterocycles. The highest BCUT2D eigenvalue weighted by atomic mass is 35.5. The van der Waals surface area contributed by atoms with Crippen LogP contribution in [-0.4, -0.2) is 25.8 Å². The van der Waals surface area contributed by atoms with Crippen molar-refractivity contribution in [1.82, 2.24) is 0 Å². The maximum atomic E-state index is 12.6. The molecule has 0 bridgehead atoms. The fraction of sp³-hybridized carbons (Fsp3) is 0.478. The van der Waals surface area contributed by atoms with Crippen LogP contribution in [0.15, 0.2) is 36.4 Å². The van der Waals surface area contributed by atoms with Crippen LogP contribution < -0.4 is 9.47 Å². The Morgan fingerprint density at radius 2 is 1.45 bits per heavy atom. The Morgan fingerprint density at radius 1 is 0.897 bits per heavy atom. The number of rotatable bonds is 10. The highest BCUT2D eigenvalue weighted by Crippen LogP contribution is 2.40.